The van der Waals surface area contributed by atoms with Gasteiger partial charge >= 0.3 is 10.5 Å². The lowest BCUT2D eigenvalue weighted by atomic mass is 10.1. The molecule has 0 saturated heterocycles. The van der Waals surface area contributed by atoms with Crippen LogP contribution >= 0.6 is 0 Å². The van der Waals surface area contributed by atoms with Crippen molar-refractivity contribution in [1.29, 1.82) is 0 Å². The molecule has 0 fully saturated rings. The van der Waals surface area contributed by atoms with E-state index in [1.54, 1.807) is 6.92 Å². The van der Waals surface area contributed by atoms with Crippen molar-refractivity contribution in [3.05, 3.63) is 0 Å². The molecule has 70 valence electrons. The fraction of sp³-hybridized carbons (Fsp3) is 0.833. The molecule has 0 saturated carbocycles. The summed E-state index contributed by atoms with van der Waals surface area (Å²) in [6, 6.07) is 0. The number of carbonyl (C=O) groups excluding carboxylic acids is 1. The number of hydrogen-bond donors (Lipinski definition) is 0. The molecule has 1 atom stereocenters. The highest BCUT2D eigenvalue weighted by Gasteiger charge is 2.14. The number of hydrogen-bond acceptors (Lipinski definition) is 4. The molecule has 0 aliphatic carbocycles. The molecule has 0 aromatic heterocycles. The maximum atomic E-state index is 11.2. The Morgan fingerprint density at radius 1 is 1.58 bits per heavy atom. The van der Waals surface area contributed by atoms with E-state index >= 15 is 0 Å². The molecule has 0 aliphatic rings. The predicted octanol–water partition coefficient (Wildman–Crippen LogP) is 0.469. The summed E-state index contributed by atoms with van der Waals surface area (Å²) in [4.78, 5) is 11.2. The summed E-state index contributed by atoms with van der Waals surface area (Å²) >= 11 is 0. The fourth-order valence-corrected chi connectivity index (χ4v) is 0.914. The molecule has 0 spiro atoms. The van der Waals surface area contributed by atoms with E-state index in [1.807, 2.05) is 6.92 Å². The zero-order valence-corrected chi connectivity index (χ0v) is 8.13. The van der Waals surface area contributed by atoms with Crippen molar-refractivity contribution in [2.24, 2.45) is 10.4 Å². The van der Waals surface area contributed by atoms with Crippen LogP contribution in [-0.2, 0) is 15.3 Å². The Labute approximate surface area is 73.0 Å². The average molecular weight is 192 g/mol. The van der Waals surface area contributed by atoms with Crippen molar-refractivity contribution in [1.82, 2.24) is 5.01 Å². The van der Waals surface area contributed by atoms with Crippen LogP contribution in [-0.4, -0.2) is 26.4 Å². The van der Waals surface area contributed by atoms with Crippen LogP contribution < -0.4 is 0 Å². The van der Waals surface area contributed by atoms with E-state index in [9.17, 15) is 13.2 Å². The lowest BCUT2D eigenvalue weighted by molar-refractivity contribution is -0.133. The van der Waals surface area contributed by atoms with Crippen LogP contribution in [0.15, 0.2) is 4.47 Å². The molecule has 1 unspecified atom stereocenters. The molecule has 0 N–H and O–H groups in total. The van der Waals surface area contributed by atoms with E-state index in [1.165, 1.54) is 7.05 Å². The molecule has 1 amide bonds. The smallest absolute Gasteiger partial charge is 0.273 e. The normalized spacial score (nSPS) is 11.9. The van der Waals surface area contributed by atoms with Crippen LogP contribution in [0.5, 0.6) is 0 Å². The highest BCUT2D eigenvalue weighted by molar-refractivity contribution is 7.61. The minimum atomic E-state index is -2.55. The number of rotatable bonds is 3. The topological polar surface area (TPSA) is 66.8 Å². The van der Waals surface area contributed by atoms with Crippen molar-refractivity contribution >= 4 is 16.4 Å². The summed E-state index contributed by atoms with van der Waals surface area (Å²) in [6.07, 6.45) is 0.671. The Hall–Kier alpha value is -0.910. The van der Waals surface area contributed by atoms with Gasteiger partial charge in [0.25, 0.3) is 0 Å². The van der Waals surface area contributed by atoms with Crippen LogP contribution in [0, 0.1) is 5.92 Å². The first-order chi connectivity index (χ1) is 5.49. The Morgan fingerprint density at radius 2 is 2.08 bits per heavy atom. The zero-order chi connectivity index (χ0) is 9.72. The molecule has 0 radical (unpaired) electrons. The van der Waals surface area contributed by atoms with Gasteiger partial charge in [0, 0.05) is 13.0 Å². The van der Waals surface area contributed by atoms with Crippen molar-refractivity contribution in [2.75, 3.05) is 7.05 Å². The molecule has 0 aromatic carbocycles. The van der Waals surface area contributed by atoms with Gasteiger partial charge in [0.2, 0.25) is 5.91 Å². The monoisotopic (exact) mass is 192 g/mol. The van der Waals surface area contributed by atoms with Gasteiger partial charge in [-0.3, -0.25) is 4.79 Å². The maximum Gasteiger partial charge on any atom is 0.333 e. The van der Waals surface area contributed by atoms with Crippen molar-refractivity contribution < 1.29 is 13.2 Å². The van der Waals surface area contributed by atoms with Gasteiger partial charge < -0.3 is 0 Å². The summed E-state index contributed by atoms with van der Waals surface area (Å²) < 4.78 is 23.2. The maximum absolute atomic E-state index is 11.2. The Kier molecular flexibility index (Phi) is 4.50. The molecule has 0 rings (SSSR count). The van der Waals surface area contributed by atoms with E-state index in [-0.39, 0.29) is 11.8 Å². The van der Waals surface area contributed by atoms with E-state index in [0.29, 0.717) is 6.42 Å². The second-order valence-corrected chi connectivity index (χ2v) is 3.07. The molecule has 0 bridgehead atoms. The van der Waals surface area contributed by atoms with Crippen LogP contribution in [0.2, 0.25) is 0 Å². The van der Waals surface area contributed by atoms with Gasteiger partial charge in [-0.25, -0.2) is 5.01 Å². The van der Waals surface area contributed by atoms with Crippen LogP contribution in [0.25, 0.3) is 0 Å². The van der Waals surface area contributed by atoms with Gasteiger partial charge in [0.15, 0.2) is 0 Å². The van der Waals surface area contributed by atoms with Gasteiger partial charge in [-0.1, -0.05) is 13.8 Å². The third kappa shape index (κ3) is 3.47. The molecular formula is C6H12N2O3S. The van der Waals surface area contributed by atoms with Gasteiger partial charge in [-0.15, -0.1) is 0 Å². The zero-order valence-electron chi connectivity index (χ0n) is 7.31. The third-order valence-corrected chi connectivity index (χ3v) is 1.92. The molecule has 5 nitrogen and oxygen atoms in total. The highest BCUT2D eigenvalue weighted by atomic mass is 32.2. The van der Waals surface area contributed by atoms with Crippen LogP contribution in [0.1, 0.15) is 20.3 Å². The lowest BCUT2D eigenvalue weighted by Crippen LogP contribution is -2.26. The van der Waals surface area contributed by atoms with Crippen molar-refractivity contribution in [3.8, 4) is 0 Å². The minimum Gasteiger partial charge on any atom is -0.273 e. The minimum absolute atomic E-state index is 0.192. The largest absolute Gasteiger partial charge is 0.333 e. The summed E-state index contributed by atoms with van der Waals surface area (Å²) in [5.41, 5.74) is 0. The molecule has 0 aromatic rings. The number of nitrogens with zero attached hydrogens (tertiary/aromatic N) is 2. The fourth-order valence-electron chi connectivity index (χ4n) is 0.634. The lowest BCUT2D eigenvalue weighted by Gasteiger charge is -2.12. The third-order valence-electron chi connectivity index (χ3n) is 1.54. The standard InChI is InChI=1S/C6H12N2O3S/c1-4-5(2)6(9)8(3)7-12(10)11/h5H,4H2,1-3H3. The van der Waals surface area contributed by atoms with Gasteiger partial charge in [0.05, 0.1) is 0 Å². The van der Waals surface area contributed by atoms with Crippen molar-refractivity contribution in [2.45, 2.75) is 20.3 Å². The highest BCUT2D eigenvalue weighted by Crippen LogP contribution is 2.04. The first kappa shape index (κ1) is 11.1. The van der Waals surface area contributed by atoms with E-state index < -0.39 is 10.5 Å². The summed E-state index contributed by atoms with van der Waals surface area (Å²) in [7, 11) is -1.23. The predicted molar refractivity (Wildman–Crippen MR) is 43.6 cm³/mol. The van der Waals surface area contributed by atoms with E-state index in [0.717, 1.165) is 5.01 Å². The number of carbonyl (C=O) groups is 1. The van der Waals surface area contributed by atoms with Gasteiger partial charge in [-0.2, -0.15) is 8.42 Å². The van der Waals surface area contributed by atoms with E-state index in [4.69, 9.17) is 0 Å². The molecule has 6 heteroatoms. The summed E-state index contributed by atoms with van der Waals surface area (Å²) in [6.45, 7) is 3.58. The van der Waals surface area contributed by atoms with Crippen LogP contribution in [0.4, 0.5) is 0 Å². The molecular weight excluding hydrogens is 180 g/mol. The SMILES string of the molecule is CCC(C)C(=O)N(C)N=S(=O)=O. The quantitative estimate of drug-likeness (QED) is 0.610. The van der Waals surface area contributed by atoms with E-state index in [2.05, 4.69) is 4.47 Å². The van der Waals surface area contributed by atoms with Crippen molar-refractivity contribution in [3.63, 3.8) is 0 Å². The Balaban J connectivity index is 4.40. The first-order valence-corrected chi connectivity index (χ1v) is 4.60. The molecule has 0 aliphatic heterocycles. The Morgan fingerprint density at radius 3 is 2.42 bits per heavy atom. The average Bonchev–Trinajstić information content (AvgIpc) is 2.00. The Bertz CT molecular complexity index is 275. The second kappa shape index (κ2) is 4.87. The molecule has 0 heterocycles. The first-order valence-electron chi connectivity index (χ1n) is 3.57. The summed E-state index contributed by atoms with van der Waals surface area (Å²) in [5.74, 6) is -0.482. The van der Waals surface area contributed by atoms with Gasteiger partial charge in [-0.05, 0) is 10.9 Å². The van der Waals surface area contributed by atoms with Crippen LogP contribution in [0.3, 0.4) is 0 Å². The summed E-state index contributed by atoms with van der Waals surface area (Å²) in [5, 5.41) is 0.845. The second-order valence-electron chi connectivity index (χ2n) is 2.47. The number of amides is 1. The molecule has 12 heavy (non-hydrogen) atoms. The van der Waals surface area contributed by atoms with Gasteiger partial charge in [0.1, 0.15) is 0 Å².